The van der Waals surface area contributed by atoms with Crippen molar-refractivity contribution in [2.75, 3.05) is 31.1 Å². The summed E-state index contributed by atoms with van der Waals surface area (Å²) in [6, 6.07) is 19.5. The van der Waals surface area contributed by atoms with Gasteiger partial charge in [0.1, 0.15) is 29.3 Å². The molecule has 31 heavy (non-hydrogen) atoms. The lowest BCUT2D eigenvalue weighted by Crippen LogP contribution is -2.49. The molecule has 1 saturated heterocycles. The summed E-state index contributed by atoms with van der Waals surface area (Å²) in [4.78, 5) is 26.9. The van der Waals surface area contributed by atoms with Crippen molar-refractivity contribution in [3.8, 4) is 5.75 Å². The molecule has 1 amide bonds. The van der Waals surface area contributed by atoms with Crippen LogP contribution in [-0.2, 0) is 6.61 Å². The second-order valence-corrected chi connectivity index (χ2v) is 8.31. The lowest BCUT2D eigenvalue weighted by atomic mass is 10.1. The van der Waals surface area contributed by atoms with Crippen LogP contribution < -0.4 is 9.64 Å². The van der Waals surface area contributed by atoms with E-state index in [9.17, 15) is 4.79 Å². The molecule has 1 fully saturated rings. The van der Waals surface area contributed by atoms with E-state index in [0.717, 1.165) is 40.4 Å². The summed E-state index contributed by atoms with van der Waals surface area (Å²) in [6.07, 6.45) is 1.62. The number of anilines is 1. The molecule has 0 bridgehead atoms. The van der Waals surface area contributed by atoms with Gasteiger partial charge in [0.05, 0.1) is 5.39 Å². The van der Waals surface area contributed by atoms with Gasteiger partial charge in [0.15, 0.2) is 0 Å². The Labute approximate surface area is 184 Å². The Morgan fingerprint density at radius 3 is 2.48 bits per heavy atom. The zero-order valence-electron chi connectivity index (χ0n) is 17.0. The highest BCUT2D eigenvalue weighted by Gasteiger charge is 2.24. The molecular formula is C24H22N4O2S. The molecule has 0 spiro atoms. The van der Waals surface area contributed by atoms with Crippen LogP contribution >= 0.6 is 11.3 Å². The third-order valence-electron chi connectivity index (χ3n) is 5.46. The number of fused-ring (bicyclic) bond motifs is 1. The molecule has 0 unspecified atom stereocenters. The third-order valence-corrected chi connectivity index (χ3v) is 6.28. The van der Waals surface area contributed by atoms with Gasteiger partial charge >= 0.3 is 0 Å². The molecule has 0 saturated carbocycles. The molecule has 0 atom stereocenters. The molecule has 0 N–H and O–H groups in total. The van der Waals surface area contributed by atoms with Crippen LogP contribution in [0.3, 0.4) is 0 Å². The maximum atomic E-state index is 13.0. The number of carbonyl (C=O) groups excluding carboxylic acids is 1. The minimum Gasteiger partial charge on any atom is -0.489 e. The first-order valence-corrected chi connectivity index (χ1v) is 11.1. The molecule has 0 radical (unpaired) electrons. The van der Waals surface area contributed by atoms with Crippen molar-refractivity contribution in [1.82, 2.24) is 14.9 Å². The quantitative estimate of drug-likeness (QED) is 0.474. The lowest BCUT2D eigenvalue weighted by Gasteiger charge is -2.35. The lowest BCUT2D eigenvalue weighted by molar-refractivity contribution is 0.0746. The normalized spacial score (nSPS) is 14.1. The molecule has 1 aliphatic rings. The van der Waals surface area contributed by atoms with E-state index in [1.54, 1.807) is 17.7 Å². The zero-order chi connectivity index (χ0) is 21.0. The topological polar surface area (TPSA) is 58.6 Å². The summed E-state index contributed by atoms with van der Waals surface area (Å²) in [5.74, 6) is 1.86. The van der Waals surface area contributed by atoms with Crippen molar-refractivity contribution in [3.05, 3.63) is 83.5 Å². The first-order chi connectivity index (χ1) is 15.3. The number of hydrogen-bond donors (Lipinski definition) is 0. The first kappa shape index (κ1) is 19.5. The molecule has 7 heteroatoms. The van der Waals surface area contributed by atoms with Crippen LogP contribution in [0.15, 0.2) is 72.4 Å². The minimum absolute atomic E-state index is 0.0681. The highest BCUT2D eigenvalue weighted by Crippen LogP contribution is 2.27. The van der Waals surface area contributed by atoms with Crippen molar-refractivity contribution in [2.24, 2.45) is 0 Å². The van der Waals surface area contributed by atoms with Gasteiger partial charge in [-0.2, -0.15) is 0 Å². The molecule has 2 aromatic carbocycles. The molecule has 2 aromatic heterocycles. The van der Waals surface area contributed by atoms with Gasteiger partial charge in [-0.25, -0.2) is 9.97 Å². The number of amides is 1. The van der Waals surface area contributed by atoms with Crippen molar-refractivity contribution in [1.29, 1.82) is 0 Å². The van der Waals surface area contributed by atoms with Gasteiger partial charge in [-0.15, -0.1) is 11.3 Å². The predicted molar refractivity (Wildman–Crippen MR) is 123 cm³/mol. The number of benzene rings is 2. The fourth-order valence-electron chi connectivity index (χ4n) is 3.76. The summed E-state index contributed by atoms with van der Waals surface area (Å²) < 4.78 is 5.78. The number of rotatable bonds is 5. The Bertz CT molecular complexity index is 1170. The van der Waals surface area contributed by atoms with Crippen molar-refractivity contribution in [3.63, 3.8) is 0 Å². The van der Waals surface area contributed by atoms with Gasteiger partial charge in [0.25, 0.3) is 5.91 Å². The zero-order valence-corrected chi connectivity index (χ0v) is 17.8. The summed E-state index contributed by atoms with van der Waals surface area (Å²) in [6.45, 7) is 3.35. The van der Waals surface area contributed by atoms with Gasteiger partial charge in [-0.1, -0.05) is 30.3 Å². The maximum Gasteiger partial charge on any atom is 0.253 e. The van der Waals surface area contributed by atoms with E-state index in [-0.39, 0.29) is 5.91 Å². The Kier molecular flexibility index (Phi) is 5.50. The molecule has 156 valence electrons. The second kappa shape index (κ2) is 8.73. The standard InChI is InChI=1S/C24H22N4O2S/c29-24(19-8-6-18(7-9-19)16-30-20-4-2-1-3-5-20)28-13-11-27(12-14-28)22-21-10-15-31-23(21)26-17-25-22/h1-10,15,17H,11-14,16H2. The summed E-state index contributed by atoms with van der Waals surface area (Å²) in [5, 5.41) is 3.12. The molecule has 0 aliphatic carbocycles. The average molecular weight is 431 g/mol. The molecule has 3 heterocycles. The third kappa shape index (κ3) is 4.22. The highest BCUT2D eigenvalue weighted by molar-refractivity contribution is 7.16. The van der Waals surface area contributed by atoms with E-state index in [2.05, 4.69) is 20.9 Å². The highest BCUT2D eigenvalue weighted by atomic mass is 32.1. The number of nitrogens with zero attached hydrogens (tertiary/aromatic N) is 4. The van der Waals surface area contributed by atoms with Crippen LogP contribution in [0.2, 0.25) is 0 Å². The molecular weight excluding hydrogens is 408 g/mol. The smallest absolute Gasteiger partial charge is 0.253 e. The largest absolute Gasteiger partial charge is 0.489 e. The number of carbonyl (C=O) groups is 1. The summed E-state index contributed by atoms with van der Waals surface area (Å²) in [5.41, 5.74) is 1.74. The van der Waals surface area contributed by atoms with E-state index in [0.29, 0.717) is 25.3 Å². The predicted octanol–water partition coefficient (Wildman–Crippen LogP) is 4.23. The van der Waals surface area contributed by atoms with Crippen LogP contribution in [-0.4, -0.2) is 47.0 Å². The fraction of sp³-hybridized carbons (Fsp3) is 0.208. The Morgan fingerprint density at radius 2 is 1.71 bits per heavy atom. The van der Waals surface area contributed by atoms with Gasteiger partial charge < -0.3 is 14.5 Å². The SMILES string of the molecule is O=C(c1ccc(COc2ccccc2)cc1)N1CCN(c2ncnc3sccc23)CC1. The second-order valence-electron chi connectivity index (χ2n) is 7.41. The van der Waals surface area contributed by atoms with E-state index < -0.39 is 0 Å². The summed E-state index contributed by atoms with van der Waals surface area (Å²) >= 11 is 1.62. The maximum absolute atomic E-state index is 13.0. The van der Waals surface area contributed by atoms with Crippen LogP contribution in [0.5, 0.6) is 5.75 Å². The van der Waals surface area contributed by atoms with E-state index in [4.69, 9.17) is 4.74 Å². The van der Waals surface area contributed by atoms with Crippen LogP contribution in [0.4, 0.5) is 5.82 Å². The van der Waals surface area contributed by atoms with E-state index in [1.807, 2.05) is 64.9 Å². The Balaban J connectivity index is 1.19. The molecule has 1 aliphatic heterocycles. The number of hydrogen-bond acceptors (Lipinski definition) is 6. The molecule has 5 rings (SSSR count). The number of para-hydroxylation sites is 1. The van der Waals surface area contributed by atoms with E-state index in [1.165, 1.54) is 0 Å². The van der Waals surface area contributed by atoms with Crippen LogP contribution in [0, 0.1) is 0 Å². The van der Waals surface area contributed by atoms with Gasteiger partial charge in [-0.3, -0.25) is 4.79 Å². The van der Waals surface area contributed by atoms with Gasteiger partial charge in [-0.05, 0) is 41.3 Å². The van der Waals surface area contributed by atoms with Crippen molar-refractivity contribution in [2.45, 2.75) is 6.61 Å². The van der Waals surface area contributed by atoms with Crippen molar-refractivity contribution < 1.29 is 9.53 Å². The number of ether oxygens (including phenoxy) is 1. The van der Waals surface area contributed by atoms with Crippen molar-refractivity contribution >= 4 is 33.3 Å². The van der Waals surface area contributed by atoms with E-state index >= 15 is 0 Å². The van der Waals surface area contributed by atoms with Gasteiger partial charge in [0.2, 0.25) is 0 Å². The number of thiophene rings is 1. The fourth-order valence-corrected chi connectivity index (χ4v) is 4.49. The molecule has 4 aromatic rings. The summed E-state index contributed by atoms with van der Waals surface area (Å²) in [7, 11) is 0. The number of piperazine rings is 1. The van der Waals surface area contributed by atoms with Crippen LogP contribution in [0.25, 0.3) is 10.2 Å². The monoisotopic (exact) mass is 430 g/mol. The number of aromatic nitrogens is 2. The van der Waals surface area contributed by atoms with Crippen LogP contribution in [0.1, 0.15) is 15.9 Å². The first-order valence-electron chi connectivity index (χ1n) is 10.3. The van der Waals surface area contributed by atoms with Gasteiger partial charge in [0, 0.05) is 31.7 Å². The Hall–Kier alpha value is -3.45. The Morgan fingerprint density at radius 1 is 0.935 bits per heavy atom. The minimum atomic E-state index is 0.0681. The molecule has 6 nitrogen and oxygen atoms in total. The average Bonchev–Trinajstić information content (AvgIpc) is 3.33.